The van der Waals surface area contributed by atoms with Crippen LogP contribution in [0.4, 0.5) is 4.39 Å². The van der Waals surface area contributed by atoms with E-state index in [4.69, 9.17) is 0 Å². The van der Waals surface area contributed by atoms with Crippen LogP contribution in [0.15, 0.2) is 47.5 Å². The van der Waals surface area contributed by atoms with E-state index in [1.165, 1.54) is 22.7 Å². The number of alkyl halides is 1. The van der Waals surface area contributed by atoms with Crippen LogP contribution in [-0.2, 0) is 11.3 Å². The standard InChI is InChI=1S/C21H21FN4O2/c1-21(22)11-25(12-21)18(27)10-24-13-23-26-17(15-7-8-15)9-16(19(26)20(24)28)14-5-3-2-4-6-14/h2-6,9,13,15H,7-8,10-12H2,1H3. The van der Waals surface area contributed by atoms with Crippen molar-refractivity contribution in [1.29, 1.82) is 0 Å². The van der Waals surface area contributed by atoms with Crippen molar-refractivity contribution in [2.75, 3.05) is 13.1 Å². The lowest BCUT2D eigenvalue weighted by molar-refractivity contribution is -0.144. The largest absolute Gasteiger partial charge is 0.335 e. The van der Waals surface area contributed by atoms with E-state index in [0.29, 0.717) is 11.4 Å². The Bertz CT molecular complexity index is 1120. The number of hydrogen-bond acceptors (Lipinski definition) is 3. The first-order chi connectivity index (χ1) is 13.4. The Kier molecular flexibility index (Phi) is 3.69. The number of carbonyl (C=O) groups excluding carboxylic acids is 1. The molecule has 7 heteroatoms. The van der Waals surface area contributed by atoms with E-state index in [2.05, 4.69) is 5.10 Å². The summed E-state index contributed by atoms with van der Waals surface area (Å²) in [5, 5.41) is 4.47. The Morgan fingerprint density at radius 1 is 1.25 bits per heavy atom. The second kappa shape index (κ2) is 6.02. The number of hydrogen-bond donors (Lipinski definition) is 0. The van der Waals surface area contributed by atoms with E-state index in [1.807, 2.05) is 36.4 Å². The zero-order chi connectivity index (χ0) is 19.5. The smallest absolute Gasteiger partial charge is 0.278 e. The molecule has 3 aromatic rings. The highest BCUT2D eigenvalue weighted by atomic mass is 19.1. The SMILES string of the molecule is CC1(F)CN(C(=O)Cn2cnn3c(C4CC4)cc(-c4ccccc4)c3c2=O)C1. The van der Waals surface area contributed by atoms with Gasteiger partial charge in [-0.3, -0.25) is 14.2 Å². The zero-order valence-electron chi connectivity index (χ0n) is 15.6. The quantitative estimate of drug-likeness (QED) is 0.699. The number of likely N-dealkylation sites (tertiary alicyclic amines) is 1. The Morgan fingerprint density at radius 2 is 1.96 bits per heavy atom. The first-order valence-corrected chi connectivity index (χ1v) is 9.56. The van der Waals surface area contributed by atoms with Crippen LogP contribution in [0.5, 0.6) is 0 Å². The molecule has 1 aliphatic heterocycles. The number of halogens is 1. The minimum Gasteiger partial charge on any atom is -0.335 e. The molecule has 0 spiro atoms. The lowest BCUT2D eigenvalue weighted by atomic mass is 9.99. The summed E-state index contributed by atoms with van der Waals surface area (Å²) < 4.78 is 16.7. The zero-order valence-corrected chi connectivity index (χ0v) is 15.6. The van der Waals surface area contributed by atoms with Gasteiger partial charge in [0, 0.05) is 17.2 Å². The average Bonchev–Trinajstić information content (AvgIpc) is 3.43. The van der Waals surface area contributed by atoms with Gasteiger partial charge in [-0.2, -0.15) is 5.10 Å². The molecule has 2 aromatic heterocycles. The van der Waals surface area contributed by atoms with Crippen LogP contribution in [-0.4, -0.2) is 43.7 Å². The van der Waals surface area contributed by atoms with Gasteiger partial charge in [0.25, 0.3) is 5.56 Å². The van der Waals surface area contributed by atoms with Crippen molar-refractivity contribution >= 4 is 11.4 Å². The summed E-state index contributed by atoms with van der Waals surface area (Å²) in [5.41, 5.74) is 1.73. The molecule has 1 saturated heterocycles. The molecular formula is C21H21FN4O2. The topological polar surface area (TPSA) is 59.6 Å². The molecular weight excluding hydrogens is 359 g/mol. The van der Waals surface area contributed by atoms with Gasteiger partial charge in [-0.25, -0.2) is 8.91 Å². The molecule has 144 valence electrons. The third-order valence-corrected chi connectivity index (χ3v) is 5.55. The molecule has 0 atom stereocenters. The number of fused-ring (bicyclic) bond motifs is 1. The molecule has 2 fully saturated rings. The highest BCUT2D eigenvalue weighted by Gasteiger charge is 2.41. The van der Waals surface area contributed by atoms with E-state index < -0.39 is 5.67 Å². The Morgan fingerprint density at radius 3 is 2.61 bits per heavy atom. The van der Waals surface area contributed by atoms with Gasteiger partial charge >= 0.3 is 0 Å². The van der Waals surface area contributed by atoms with Crippen molar-refractivity contribution in [3.8, 4) is 11.1 Å². The van der Waals surface area contributed by atoms with Gasteiger partial charge in [-0.1, -0.05) is 30.3 Å². The highest BCUT2D eigenvalue weighted by molar-refractivity contribution is 5.82. The molecule has 1 aromatic carbocycles. The highest BCUT2D eigenvalue weighted by Crippen LogP contribution is 2.42. The van der Waals surface area contributed by atoms with Crippen LogP contribution < -0.4 is 5.56 Å². The van der Waals surface area contributed by atoms with Crippen LogP contribution in [0, 0.1) is 0 Å². The first kappa shape index (κ1) is 17.2. The monoisotopic (exact) mass is 380 g/mol. The van der Waals surface area contributed by atoms with Crippen molar-refractivity contribution in [3.05, 3.63) is 58.8 Å². The summed E-state index contributed by atoms with van der Waals surface area (Å²) >= 11 is 0. The lowest BCUT2D eigenvalue weighted by Gasteiger charge is -2.42. The fourth-order valence-electron chi connectivity index (χ4n) is 3.95. The summed E-state index contributed by atoms with van der Waals surface area (Å²) in [5.74, 6) is 0.163. The molecule has 1 aliphatic carbocycles. The number of carbonyl (C=O) groups is 1. The molecule has 0 bridgehead atoms. The molecule has 28 heavy (non-hydrogen) atoms. The second-order valence-corrected chi connectivity index (χ2v) is 8.11. The summed E-state index contributed by atoms with van der Waals surface area (Å²) in [6, 6.07) is 11.8. The van der Waals surface area contributed by atoms with Gasteiger partial charge < -0.3 is 4.90 Å². The van der Waals surface area contributed by atoms with Crippen LogP contribution in [0.1, 0.15) is 31.4 Å². The normalized spacial score (nSPS) is 18.3. The Hall–Kier alpha value is -2.96. The molecule has 0 N–H and O–H groups in total. The number of aromatic nitrogens is 3. The van der Waals surface area contributed by atoms with Crippen molar-refractivity contribution in [2.45, 2.75) is 37.9 Å². The fourth-order valence-corrected chi connectivity index (χ4v) is 3.95. The first-order valence-electron chi connectivity index (χ1n) is 9.56. The van der Waals surface area contributed by atoms with E-state index in [9.17, 15) is 14.0 Å². The van der Waals surface area contributed by atoms with Crippen molar-refractivity contribution < 1.29 is 9.18 Å². The lowest BCUT2D eigenvalue weighted by Crippen LogP contribution is -2.60. The maximum atomic E-state index is 13.7. The van der Waals surface area contributed by atoms with E-state index >= 15 is 0 Å². The number of nitrogens with zero attached hydrogens (tertiary/aromatic N) is 4. The Balaban J connectivity index is 1.56. The minimum absolute atomic E-state index is 0.0719. The van der Waals surface area contributed by atoms with Crippen LogP contribution in [0.2, 0.25) is 0 Å². The summed E-state index contributed by atoms with van der Waals surface area (Å²) in [6.07, 6.45) is 3.61. The van der Waals surface area contributed by atoms with Crippen LogP contribution in [0.25, 0.3) is 16.6 Å². The molecule has 1 amide bonds. The van der Waals surface area contributed by atoms with E-state index in [1.54, 1.807) is 4.52 Å². The maximum Gasteiger partial charge on any atom is 0.278 e. The second-order valence-electron chi connectivity index (χ2n) is 8.11. The third kappa shape index (κ3) is 2.82. The number of benzene rings is 1. The molecule has 5 rings (SSSR count). The summed E-state index contributed by atoms with van der Waals surface area (Å²) in [4.78, 5) is 27.1. The van der Waals surface area contributed by atoms with E-state index in [0.717, 1.165) is 29.7 Å². The van der Waals surface area contributed by atoms with Crippen LogP contribution in [0.3, 0.4) is 0 Å². The summed E-state index contributed by atoms with van der Waals surface area (Å²) in [7, 11) is 0. The van der Waals surface area contributed by atoms with Crippen molar-refractivity contribution in [3.63, 3.8) is 0 Å². The number of amides is 1. The summed E-state index contributed by atoms with van der Waals surface area (Å²) in [6.45, 7) is 1.49. The third-order valence-electron chi connectivity index (χ3n) is 5.55. The molecule has 0 unspecified atom stereocenters. The maximum absolute atomic E-state index is 13.7. The molecule has 0 radical (unpaired) electrons. The predicted octanol–water partition coefficient (Wildman–Crippen LogP) is 2.61. The van der Waals surface area contributed by atoms with Crippen molar-refractivity contribution in [2.24, 2.45) is 0 Å². The van der Waals surface area contributed by atoms with Gasteiger partial charge in [-0.15, -0.1) is 0 Å². The molecule has 1 saturated carbocycles. The fraction of sp³-hybridized carbons (Fsp3) is 0.381. The van der Waals surface area contributed by atoms with Crippen molar-refractivity contribution in [1.82, 2.24) is 19.1 Å². The molecule has 2 aliphatic rings. The minimum atomic E-state index is -1.33. The van der Waals surface area contributed by atoms with E-state index in [-0.39, 0.29) is 31.1 Å². The van der Waals surface area contributed by atoms with Gasteiger partial charge in [0.1, 0.15) is 24.1 Å². The van der Waals surface area contributed by atoms with Gasteiger partial charge in [0.05, 0.1) is 13.1 Å². The average molecular weight is 380 g/mol. The molecule has 6 nitrogen and oxygen atoms in total. The molecule has 3 heterocycles. The van der Waals surface area contributed by atoms with Gasteiger partial charge in [-0.05, 0) is 31.4 Å². The van der Waals surface area contributed by atoms with Crippen LogP contribution >= 0.6 is 0 Å². The van der Waals surface area contributed by atoms with Gasteiger partial charge in [0.2, 0.25) is 5.91 Å². The Labute approximate surface area is 161 Å². The predicted molar refractivity (Wildman–Crippen MR) is 103 cm³/mol. The van der Waals surface area contributed by atoms with Gasteiger partial charge in [0.15, 0.2) is 0 Å². The number of rotatable bonds is 4.